The first-order valence-corrected chi connectivity index (χ1v) is 5.82. The number of nitrogens with one attached hydrogen (secondary N) is 1. The first-order valence-electron chi connectivity index (χ1n) is 5.82. The van der Waals surface area contributed by atoms with Crippen molar-refractivity contribution in [3.05, 3.63) is 0 Å². The van der Waals surface area contributed by atoms with E-state index in [4.69, 9.17) is 5.73 Å². The number of nitrogens with two attached hydrogens (primary N) is 1. The molecule has 0 radical (unpaired) electrons. The third-order valence-corrected chi connectivity index (χ3v) is 2.60. The normalized spacial score (nSPS) is 16.7. The van der Waals surface area contributed by atoms with Gasteiger partial charge in [0.15, 0.2) is 0 Å². The van der Waals surface area contributed by atoms with Crippen molar-refractivity contribution in [1.82, 2.24) is 5.32 Å². The fourth-order valence-electron chi connectivity index (χ4n) is 1.62. The Hall–Kier alpha value is -0.0800. The Morgan fingerprint density at radius 3 is 2.21 bits per heavy atom. The third-order valence-electron chi connectivity index (χ3n) is 2.60. The molecule has 0 aromatic carbocycles. The largest absolute Gasteiger partial charge is 0.330 e. The van der Waals surface area contributed by atoms with Crippen molar-refractivity contribution in [1.29, 1.82) is 0 Å². The van der Waals surface area contributed by atoms with E-state index >= 15 is 0 Å². The van der Waals surface area contributed by atoms with Gasteiger partial charge in [-0.1, -0.05) is 27.7 Å². The average Bonchev–Trinajstić information content (AvgIpc) is 2.09. The van der Waals surface area contributed by atoms with Crippen molar-refractivity contribution in [3.8, 4) is 0 Å². The smallest absolute Gasteiger partial charge is 0.00362 e. The van der Waals surface area contributed by atoms with Crippen molar-refractivity contribution in [2.45, 2.75) is 53.5 Å². The van der Waals surface area contributed by atoms with Gasteiger partial charge in [-0.15, -0.1) is 0 Å². The SMILES string of the molecule is CCC(C)NCC(CN)CC(C)(C)C. The lowest BCUT2D eigenvalue weighted by atomic mass is 9.84. The summed E-state index contributed by atoms with van der Waals surface area (Å²) in [4.78, 5) is 0. The van der Waals surface area contributed by atoms with Gasteiger partial charge in [-0.3, -0.25) is 0 Å². The second kappa shape index (κ2) is 6.41. The van der Waals surface area contributed by atoms with E-state index in [0.29, 0.717) is 17.4 Å². The van der Waals surface area contributed by atoms with Gasteiger partial charge in [0.2, 0.25) is 0 Å². The molecule has 0 aliphatic carbocycles. The highest BCUT2D eigenvalue weighted by Crippen LogP contribution is 2.23. The van der Waals surface area contributed by atoms with Crippen LogP contribution in [0.25, 0.3) is 0 Å². The molecule has 0 aromatic rings. The molecule has 2 unspecified atom stereocenters. The Kier molecular flexibility index (Phi) is 6.38. The van der Waals surface area contributed by atoms with Crippen LogP contribution in [0, 0.1) is 11.3 Å². The molecule has 14 heavy (non-hydrogen) atoms. The fraction of sp³-hybridized carbons (Fsp3) is 1.00. The van der Waals surface area contributed by atoms with Crippen LogP contribution in [0.15, 0.2) is 0 Å². The molecule has 0 spiro atoms. The van der Waals surface area contributed by atoms with Crippen LogP contribution in [0.4, 0.5) is 0 Å². The molecule has 0 aliphatic rings. The van der Waals surface area contributed by atoms with E-state index in [1.807, 2.05) is 0 Å². The lowest BCUT2D eigenvalue weighted by Crippen LogP contribution is -2.35. The first kappa shape index (κ1) is 13.9. The molecule has 0 amide bonds. The lowest BCUT2D eigenvalue weighted by molar-refractivity contribution is 0.283. The van der Waals surface area contributed by atoms with Crippen molar-refractivity contribution in [3.63, 3.8) is 0 Å². The summed E-state index contributed by atoms with van der Waals surface area (Å²) in [5.74, 6) is 0.615. The monoisotopic (exact) mass is 200 g/mol. The predicted molar refractivity (Wildman–Crippen MR) is 64.4 cm³/mol. The van der Waals surface area contributed by atoms with E-state index in [9.17, 15) is 0 Å². The van der Waals surface area contributed by atoms with E-state index in [-0.39, 0.29) is 0 Å². The summed E-state index contributed by atoms with van der Waals surface area (Å²) in [6.45, 7) is 13.1. The van der Waals surface area contributed by atoms with Crippen LogP contribution in [0.2, 0.25) is 0 Å². The van der Waals surface area contributed by atoms with Crippen molar-refractivity contribution in [2.24, 2.45) is 17.1 Å². The molecule has 0 bridgehead atoms. The Bertz CT molecular complexity index is 138. The van der Waals surface area contributed by atoms with Gasteiger partial charge in [-0.05, 0) is 44.2 Å². The molecule has 3 N–H and O–H groups in total. The molecule has 0 heterocycles. The van der Waals surface area contributed by atoms with E-state index in [2.05, 4.69) is 39.9 Å². The number of hydrogen-bond acceptors (Lipinski definition) is 2. The summed E-state index contributed by atoms with van der Waals surface area (Å²) in [6, 6.07) is 0.615. The zero-order valence-corrected chi connectivity index (χ0v) is 10.6. The fourth-order valence-corrected chi connectivity index (χ4v) is 1.62. The maximum atomic E-state index is 5.77. The van der Waals surface area contributed by atoms with Crippen LogP contribution in [0.3, 0.4) is 0 Å². The minimum atomic E-state index is 0.390. The van der Waals surface area contributed by atoms with E-state index < -0.39 is 0 Å². The second-order valence-corrected chi connectivity index (χ2v) is 5.58. The molecule has 0 saturated carbocycles. The molecule has 0 aromatic heterocycles. The number of hydrogen-bond donors (Lipinski definition) is 2. The van der Waals surface area contributed by atoms with E-state index in [0.717, 1.165) is 13.1 Å². The highest BCUT2D eigenvalue weighted by Gasteiger charge is 2.17. The molecule has 0 aliphatic heterocycles. The molecular formula is C12H28N2. The van der Waals surface area contributed by atoms with Gasteiger partial charge in [-0.2, -0.15) is 0 Å². The minimum Gasteiger partial charge on any atom is -0.330 e. The van der Waals surface area contributed by atoms with E-state index in [1.165, 1.54) is 12.8 Å². The van der Waals surface area contributed by atoms with Crippen LogP contribution in [0.1, 0.15) is 47.5 Å². The summed E-state index contributed by atoms with van der Waals surface area (Å²) in [7, 11) is 0. The van der Waals surface area contributed by atoms with Gasteiger partial charge in [0, 0.05) is 6.04 Å². The summed E-state index contributed by atoms with van der Waals surface area (Å²) >= 11 is 0. The summed E-state index contributed by atoms with van der Waals surface area (Å²) in [5.41, 5.74) is 6.16. The van der Waals surface area contributed by atoms with Crippen LogP contribution >= 0.6 is 0 Å². The van der Waals surface area contributed by atoms with Crippen LogP contribution < -0.4 is 11.1 Å². The number of rotatable bonds is 6. The molecule has 2 heteroatoms. The van der Waals surface area contributed by atoms with Crippen LogP contribution in [-0.4, -0.2) is 19.1 Å². The Labute approximate surface area is 89.6 Å². The summed E-state index contributed by atoms with van der Waals surface area (Å²) < 4.78 is 0. The van der Waals surface area contributed by atoms with Crippen molar-refractivity contribution >= 4 is 0 Å². The Morgan fingerprint density at radius 2 is 1.86 bits per heavy atom. The highest BCUT2D eigenvalue weighted by molar-refractivity contribution is 4.73. The zero-order valence-electron chi connectivity index (χ0n) is 10.6. The molecule has 0 rings (SSSR count). The topological polar surface area (TPSA) is 38.0 Å². The van der Waals surface area contributed by atoms with Crippen molar-refractivity contribution < 1.29 is 0 Å². The molecule has 0 fully saturated rings. The standard InChI is InChI=1S/C12H28N2/c1-6-10(2)14-9-11(8-13)7-12(3,4)5/h10-11,14H,6-9,13H2,1-5H3. The minimum absolute atomic E-state index is 0.390. The van der Waals surface area contributed by atoms with Gasteiger partial charge in [-0.25, -0.2) is 0 Å². The van der Waals surface area contributed by atoms with Gasteiger partial charge >= 0.3 is 0 Å². The molecule has 2 nitrogen and oxygen atoms in total. The highest BCUT2D eigenvalue weighted by atomic mass is 14.9. The second-order valence-electron chi connectivity index (χ2n) is 5.58. The maximum absolute atomic E-state index is 5.77. The third kappa shape index (κ3) is 7.34. The van der Waals surface area contributed by atoms with Crippen LogP contribution in [-0.2, 0) is 0 Å². The van der Waals surface area contributed by atoms with Gasteiger partial charge < -0.3 is 11.1 Å². The predicted octanol–water partition coefficient (Wildman–Crippen LogP) is 2.39. The molecule has 86 valence electrons. The van der Waals surface area contributed by atoms with Crippen molar-refractivity contribution in [2.75, 3.05) is 13.1 Å². The first-order chi connectivity index (χ1) is 6.39. The average molecular weight is 200 g/mol. The van der Waals surface area contributed by atoms with Crippen LogP contribution in [0.5, 0.6) is 0 Å². The van der Waals surface area contributed by atoms with Gasteiger partial charge in [0.25, 0.3) is 0 Å². The maximum Gasteiger partial charge on any atom is 0.00362 e. The zero-order chi connectivity index (χ0) is 11.2. The quantitative estimate of drug-likeness (QED) is 0.691. The van der Waals surface area contributed by atoms with Gasteiger partial charge in [0.05, 0.1) is 0 Å². The summed E-state index contributed by atoms with van der Waals surface area (Å²) in [6.07, 6.45) is 2.39. The molecule has 0 saturated heterocycles. The molecule has 2 atom stereocenters. The Balaban J connectivity index is 3.80. The van der Waals surface area contributed by atoms with Gasteiger partial charge in [0.1, 0.15) is 0 Å². The van der Waals surface area contributed by atoms with E-state index in [1.54, 1.807) is 0 Å². The summed E-state index contributed by atoms with van der Waals surface area (Å²) in [5, 5.41) is 3.53. The molecular weight excluding hydrogens is 172 g/mol. The Morgan fingerprint density at radius 1 is 1.29 bits per heavy atom. The lowest BCUT2D eigenvalue weighted by Gasteiger charge is -2.26.